The molecule has 0 fully saturated rings. The van der Waals surface area contributed by atoms with E-state index in [0.29, 0.717) is 5.02 Å². The molecular formula is C13H8BrClO2. The zero-order valence-electron chi connectivity index (χ0n) is 8.65. The predicted octanol–water partition coefficient (Wildman–Crippen LogP) is 4.47. The Morgan fingerprint density at radius 1 is 1.06 bits per heavy atom. The van der Waals surface area contributed by atoms with Gasteiger partial charge in [0.2, 0.25) is 0 Å². The summed E-state index contributed by atoms with van der Waals surface area (Å²) in [6.45, 7) is 0. The van der Waals surface area contributed by atoms with E-state index in [2.05, 4.69) is 15.9 Å². The normalized spacial score (nSPS) is 10.2. The third kappa shape index (κ3) is 2.87. The molecule has 0 aromatic heterocycles. The van der Waals surface area contributed by atoms with Crippen LogP contribution >= 0.6 is 27.5 Å². The molecule has 2 nitrogen and oxygen atoms in total. The van der Waals surface area contributed by atoms with Crippen LogP contribution in [0.5, 0.6) is 0 Å². The molecule has 0 aliphatic heterocycles. The summed E-state index contributed by atoms with van der Waals surface area (Å²) in [7, 11) is 0. The summed E-state index contributed by atoms with van der Waals surface area (Å²) in [5.74, 6) is -0.943. The van der Waals surface area contributed by atoms with E-state index in [0.717, 1.165) is 15.6 Å². The van der Waals surface area contributed by atoms with Crippen molar-refractivity contribution in [3.8, 4) is 11.1 Å². The first-order valence-corrected chi connectivity index (χ1v) is 6.03. The van der Waals surface area contributed by atoms with Crippen molar-refractivity contribution in [2.24, 2.45) is 0 Å². The number of carboxylic acid groups (broad SMARTS) is 1. The van der Waals surface area contributed by atoms with Crippen LogP contribution in [-0.2, 0) is 0 Å². The van der Waals surface area contributed by atoms with Gasteiger partial charge in [-0.05, 0) is 41.5 Å². The van der Waals surface area contributed by atoms with Gasteiger partial charge < -0.3 is 5.11 Å². The minimum Gasteiger partial charge on any atom is -0.478 e. The smallest absolute Gasteiger partial charge is 0.335 e. The van der Waals surface area contributed by atoms with Gasteiger partial charge >= 0.3 is 5.97 Å². The molecule has 0 spiro atoms. The van der Waals surface area contributed by atoms with Crippen LogP contribution in [0.2, 0.25) is 5.02 Å². The minimum atomic E-state index is -0.943. The molecule has 2 aromatic rings. The van der Waals surface area contributed by atoms with E-state index in [4.69, 9.17) is 16.7 Å². The first-order chi connectivity index (χ1) is 8.06. The highest BCUT2D eigenvalue weighted by Gasteiger charge is 2.07. The van der Waals surface area contributed by atoms with E-state index in [1.807, 2.05) is 18.2 Å². The van der Waals surface area contributed by atoms with Crippen LogP contribution in [0.3, 0.4) is 0 Å². The standard InChI is InChI=1S/C13H8BrClO2/c14-11-6-9(5-10(7-11)13(16)17)8-1-3-12(15)4-2-8/h1-7H,(H,16,17). The first-order valence-electron chi connectivity index (χ1n) is 4.86. The zero-order valence-corrected chi connectivity index (χ0v) is 11.0. The summed E-state index contributed by atoms with van der Waals surface area (Å²) in [4.78, 5) is 10.9. The van der Waals surface area contributed by atoms with Crippen molar-refractivity contribution >= 4 is 33.5 Å². The molecule has 4 heteroatoms. The Balaban J connectivity index is 2.51. The zero-order chi connectivity index (χ0) is 12.4. The van der Waals surface area contributed by atoms with Crippen molar-refractivity contribution < 1.29 is 9.90 Å². The highest BCUT2D eigenvalue weighted by molar-refractivity contribution is 9.10. The van der Waals surface area contributed by atoms with Crippen molar-refractivity contribution in [3.05, 3.63) is 57.5 Å². The van der Waals surface area contributed by atoms with Crippen LogP contribution in [0.25, 0.3) is 11.1 Å². The van der Waals surface area contributed by atoms with E-state index in [9.17, 15) is 4.79 Å². The molecular weight excluding hydrogens is 303 g/mol. The van der Waals surface area contributed by atoms with Crippen molar-refractivity contribution in [2.75, 3.05) is 0 Å². The van der Waals surface area contributed by atoms with E-state index < -0.39 is 5.97 Å². The van der Waals surface area contributed by atoms with Gasteiger partial charge in [0.25, 0.3) is 0 Å². The van der Waals surface area contributed by atoms with Gasteiger partial charge in [0.1, 0.15) is 0 Å². The monoisotopic (exact) mass is 310 g/mol. The second-order valence-corrected chi connectivity index (χ2v) is 4.89. The highest BCUT2D eigenvalue weighted by Crippen LogP contribution is 2.26. The number of rotatable bonds is 2. The molecule has 0 radical (unpaired) electrons. The lowest BCUT2D eigenvalue weighted by Crippen LogP contribution is -1.96. The fourth-order valence-corrected chi connectivity index (χ4v) is 2.14. The molecule has 17 heavy (non-hydrogen) atoms. The van der Waals surface area contributed by atoms with E-state index in [1.54, 1.807) is 24.3 Å². The predicted molar refractivity (Wildman–Crippen MR) is 71.5 cm³/mol. The summed E-state index contributed by atoms with van der Waals surface area (Å²) in [6.07, 6.45) is 0. The Hall–Kier alpha value is -1.32. The van der Waals surface area contributed by atoms with Gasteiger partial charge in [-0.1, -0.05) is 39.7 Å². The molecule has 0 amide bonds. The van der Waals surface area contributed by atoms with Gasteiger partial charge in [0, 0.05) is 9.50 Å². The third-order valence-corrected chi connectivity index (χ3v) is 3.03. The van der Waals surface area contributed by atoms with E-state index in [1.165, 1.54) is 0 Å². The molecule has 1 N–H and O–H groups in total. The summed E-state index contributed by atoms with van der Waals surface area (Å²) >= 11 is 9.11. The molecule has 2 rings (SSSR count). The quantitative estimate of drug-likeness (QED) is 0.888. The van der Waals surface area contributed by atoms with Gasteiger partial charge in [-0.3, -0.25) is 0 Å². The third-order valence-electron chi connectivity index (χ3n) is 2.32. The second-order valence-electron chi connectivity index (χ2n) is 3.54. The summed E-state index contributed by atoms with van der Waals surface area (Å²) in [5.41, 5.74) is 2.02. The maximum absolute atomic E-state index is 10.9. The lowest BCUT2D eigenvalue weighted by atomic mass is 10.0. The van der Waals surface area contributed by atoms with E-state index >= 15 is 0 Å². The van der Waals surface area contributed by atoms with Crippen molar-refractivity contribution in [3.63, 3.8) is 0 Å². The number of benzene rings is 2. The Kier molecular flexibility index (Phi) is 3.50. The number of halogens is 2. The van der Waals surface area contributed by atoms with Crippen molar-refractivity contribution in [1.29, 1.82) is 0 Å². The Labute approximate surface area is 112 Å². The Morgan fingerprint density at radius 3 is 2.29 bits per heavy atom. The van der Waals surface area contributed by atoms with Gasteiger partial charge in [-0.15, -0.1) is 0 Å². The van der Waals surface area contributed by atoms with Crippen LogP contribution in [0.4, 0.5) is 0 Å². The molecule has 0 aliphatic carbocycles. The van der Waals surface area contributed by atoms with Crippen molar-refractivity contribution in [2.45, 2.75) is 0 Å². The average molecular weight is 312 g/mol. The van der Waals surface area contributed by atoms with Crippen LogP contribution in [0.15, 0.2) is 46.9 Å². The first kappa shape index (κ1) is 12.1. The SMILES string of the molecule is O=C(O)c1cc(Br)cc(-c2ccc(Cl)cc2)c1. The largest absolute Gasteiger partial charge is 0.478 e. The lowest BCUT2D eigenvalue weighted by molar-refractivity contribution is 0.0697. The summed E-state index contributed by atoms with van der Waals surface area (Å²) in [5, 5.41) is 9.64. The Morgan fingerprint density at radius 2 is 1.71 bits per heavy atom. The molecule has 0 bridgehead atoms. The second kappa shape index (κ2) is 4.90. The number of carbonyl (C=O) groups is 1. The lowest BCUT2D eigenvalue weighted by Gasteiger charge is -2.04. The van der Waals surface area contributed by atoms with Gasteiger partial charge in [0.05, 0.1) is 5.56 Å². The van der Waals surface area contributed by atoms with Crippen LogP contribution in [0, 0.1) is 0 Å². The van der Waals surface area contributed by atoms with Crippen LogP contribution in [-0.4, -0.2) is 11.1 Å². The average Bonchev–Trinajstić information content (AvgIpc) is 2.29. The molecule has 0 saturated heterocycles. The molecule has 86 valence electrons. The Bertz CT molecular complexity index is 564. The summed E-state index contributed by atoms with van der Waals surface area (Å²) < 4.78 is 0.738. The van der Waals surface area contributed by atoms with Crippen molar-refractivity contribution in [1.82, 2.24) is 0 Å². The number of carboxylic acids is 1. The van der Waals surface area contributed by atoms with Gasteiger partial charge in [-0.25, -0.2) is 4.79 Å². The molecule has 2 aromatic carbocycles. The van der Waals surface area contributed by atoms with Crippen LogP contribution in [0.1, 0.15) is 10.4 Å². The number of aromatic carboxylic acids is 1. The molecule has 0 aliphatic rings. The van der Waals surface area contributed by atoms with E-state index in [-0.39, 0.29) is 5.56 Å². The molecule has 0 atom stereocenters. The number of hydrogen-bond acceptors (Lipinski definition) is 1. The van der Waals surface area contributed by atoms with Gasteiger partial charge in [0.15, 0.2) is 0 Å². The minimum absolute atomic E-state index is 0.254. The highest BCUT2D eigenvalue weighted by atomic mass is 79.9. The molecule has 0 unspecified atom stereocenters. The molecule has 0 saturated carbocycles. The fourth-order valence-electron chi connectivity index (χ4n) is 1.52. The van der Waals surface area contributed by atoms with Crippen LogP contribution < -0.4 is 0 Å². The molecule has 0 heterocycles. The fraction of sp³-hybridized carbons (Fsp3) is 0. The van der Waals surface area contributed by atoms with Gasteiger partial charge in [-0.2, -0.15) is 0 Å². The topological polar surface area (TPSA) is 37.3 Å². The maximum Gasteiger partial charge on any atom is 0.335 e. The summed E-state index contributed by atoms with van der Waals surface area (Å²) in [6, 6.07) is 12.3. The number of hydrogen-bond donors (Lipinski definition) is 1. The maximum atomic E-state index is 10.9.